The monoisotopic (exact) mass is 505 g/mol. The average Bonchev–Trinajstić information content (AvgIpc) is 2.85. The molecule has 0 aliphatic heterocycles. The Balaban J connectivity index is 1.87. The highest BCUT2D eigenvalue weighted by Crippen LogP contribution is 2.30. The summed E-state index contributed by atoms with van der Waals surface area (Å²) in [6.45, 7) is 8.46. The Labute approximate surface area is 210 Å². The topological polar surface area (TPSA) is 119 Å². The molecule has 1 amide bonds. The number of nitrogens with zero attached hydrogens (tertiary/aromatic N) is 4. The van der Waals surface area contributed by atoms with E-state index in [9.17, 15) is 14.9 Å². The number of non-ortho nitro benzene ring substituents is 1. The van der Waals surface area contributed by atoms with Crippen molar-refractivity contribution < 1.29 is 19.2 Å². The first-order chi connectivity index (χ1) is 16.9. The van der Waals surface area contributed by atoms with Gasteiger partial charge in [-0.25, -0.2) is 0 Å². The van der Waals surface area contributed by atoms with Crippen LogP contribution < -0.4 is 10.2 Å². The molecule has 2 rings (SSSR count). The molecule has 0 heterocycles. The molecule has 11 heteroatoms. The van der Waals surface area contributed by atoms with Crippen molar-refractivity contribution in [2.24, 2.45) is 10.2 Å². The zero-order valence-corrected chi connectivity index (χ0v) is 21.0. The minimum atomic E-state index is -0.522. The maximum atomic E-state index is 12.4. The molecular weight excluding hydrogens is 474 g/mol. The minimum absolute atomic E-state index is 0.0622. The minimum Gasteiger partial charge on any atom is -0.362 e. The number of nitro benzene ring substituents is 1. The number of nitro groups is 1. The number of nitrogens with one attached hydrogen (secondary N) is 1. The van der Waals surface area contributed by atoms with Crippen LogP contribution >= 0.6 is 11.6 Å². The molecule has 0 saturated heterocycles. The number of hydrogen-bond donors (Lipinski definition) is 1. The van der Waals surface area contributed by atoms with Crippen molar-refractivity contribution in [2.75, 3.05) is 37.7 Å². The second kappa shape index (κ2) is 15.0. The Morgan fingerprint density at radius 2 is 1.80 bits per heavy atom. The van der Waals surface area contributed by atoms with Gasteiger partial charge in [-0.05, 0) is 57.5 Å². The summed E-state index contributed by atoms with van der Waals surface area (Å²) in [5.41, 5.74) is 1.69. The van der Waals surface area contributed by atoms with Crippen molar-refractivity contribution in [3.63, 3.8) is 0 Å². The van der Waals surface area contributed by atoms with Gasteiger partial charge in [-0.2, -0.15) is 5.11 Å². The smallest absolute Gasteiger partial charge is 0.271 e. The fraction of sp³-hybridized carbons (Fsp3) is 0.458. The molecule has 0 aromatic heterocycles. The number of ether oxygens (including phenoxy) is 2. The molecule has 0 aliphatic carbocycles. The summed E-state index contributed by atoms with van der Waals surface area (Å²) in [6.07, 6.45) is 1.25. The third kappa shape index (κ3) is 9.59. The first-order valence-electron chi connectivity index (χ1n) is 11.6. The van der Waals surface area contributed by atoms with E-state index < -0.39 is 4.92 Å². The third-order valence-electron chi connectivity index (χ3n) is 4.99. The Morgan fingerprint density at radius 1 is 1.11 bits per heavy atom. The molecule has 1 N–H and O–H groups in total. The van der Waals surface area contributed by atoms with E-state index in [0.717, 1.165) is 18.5 Å². The predicted octanol–water partition coefficient (Wildman–Crippen LogP) is 5.79. The Kier molecular flexibility index (Phi) is 12.1. The van der Waals surface area contributed by atoms with Gasteiger partial charge >= 0.3 is 0 Å². The fourth-order valence-electron chi connectivity index (χ4n) is 3.23. The quantitative estimate of drug-likeness (QED) is 0.108. The number of carbonyl (C=O) groups excluding carboxylic acids is 1. The average molecular weight is 506 g/mol. The summed E-state index contributed by atoms with van der Waals surface area (Å²) in [7, 11) is 0. The van der Waals surface area contributed by atoms with E-state index in [-0.39, 0.29) is 29.5 Å². The van der Waals surface area contributed by atoms with Gasteiger partial charge in [-0.15, -0.1) is 5.11 Å². The fourth-order valence-corrected chi connectivity index (χ4v) is 3.44. The Bertz CT molecular complexity index is 981. The molecule has 0 fully saturated rings. The molecule has 0 atom stereocenters. The largest absolute Gasteiger partial charge is 0.362 e. The van der Waals surface area contributed by atoms with Gasteiger partial charge in [0.15, 0.2) is 6.29 Å². The van der Waals surface area contributed by atoms with Gasteiger partial charge in [0.05, 0.1) is 22.2 Å². The summed E-state index contributed by atoms with van der Waals surface area (Å²) in [5.74, 6) is -0.0622. The van der Waals surface area contributed by atoms with Crippen molar-refractivity contribution in [3.05, 3.63) is 57.6 Å². The SMILES string of the molecule is CCOC(CCCNC(=O)CN(CC)c1ccc(/N=N/c2ccc([N+](=O)[O-])cc2Cl)cc1)OCC. The second-order valence-electron chi connectivity index (χ2n) is 7.46. The van der Waals surface area contributed by atoms with Crippen LogP contribution in [-0.4, -0.2) is 50.0 Å². The van der Waals surface area contributed by atoms with Crippen LogP contribution in [0.3, 0.4) is 0 Å². The van der Waals surface area contributed by atoms with Crippen LogP contribution in [0.5, 0.6) is 0 Å². The number of azo groups is 1. The van der Waals surface area contributed by atoms with Crippen molar-refractivity contribution in [1.29, 1.82) is 0 Å². The van der Waals surface area contributed by atoms with Crippen LogP contribution in [0, 0.1) is 10.1 Å². The van der Waals surface area contributed by atoms with Crippen LogP contribution in [0.2, 0.25) is 5.02 Å². The van der Waals surface area contributed by atoms with Crippen molar-refractivity contribution in [2.45, 2.75) is 39.9 Å². The molecule has 10 nitrogen and oxygen atoms in total. The lowest BCUT2D eigenvalue weighted by molar-refractivity contribution is -0.384. The number of halogens is 1. The van der Waals surface area contributed by atoms with Crippen molar-refractivity contribution in [3.8, 4) is 0 Å². The highest BCUT2D eigenvalue weighted by Gasteiger charge is 2.12. The molecule has 0 unspecified atom stereocenters. The van der Waals surface area contributed by atoms with Crippen LogP contribution in [-0.2, 0) is 14.3 Å². The number of anilines is 1. The van der Waals surface area contributed by atoms with E-state index in [1.165, 1.54) is 18.2 Å². The molecule has 2 aromatic carbocycles. The summed E-state index contributed by atoms with van der Waals surface area (Å²) >= 11 is 6.05. The second-order valence-corrected chi connectivity index (χ2v) is 7.86. The lowest BCUT2D eigenvalue weighted by Gasteiger charge is -2.22. The highest BCUT2D eigenvalue weighted by atomic mass is 35.5. The molecule has 0 bridgehead atoms. The third-order valence-corrected chi connectivity index (χ3v) is 5.29. The maximum absolute atomic E-state index is 12.4. The standard InChI is InChI=1S/C24H32ClN5O5/c1-4-29(17-23(31)26-15-7-8-24(34-5-2)35-6-3)19-11-9-18(10-12-19)27-28-22-14-13-20(30(32)33)16-21(22)25/h9-14,16,24H,4-8,15,17H2,1-3H3,(H,26,31)/b28-27+. The van der Waals surface area contributed by atoms with E-state index in [2.05, 4.69) is 15.5 Å². The van der Waals surface area contributed by atoms with Crippen molar-refractivity contribution in [1.82, 2.24) is 5.32 Å². The summed E-state index contributed by atoms with van der Waals surface area (Å²) in [4.78, 5) is 24.6. The molecule has 0 aliphatic rings. The van der Waals surface area contributed by atoms with Crippen LogP contribution in [0.15, 0.2) is 52.7 Å². The summed E-state index contributed by atoms with van der Waals surface area (Å²) in [6, 6.07) is 11.3. The lowest BCUT2D eigenvalue weighted by Crippen LogP contribution is -2.37. The van der Waals surface area contributed by atoms with Gasteiger partial charge in [0.1, 0.15) is 5.69 Å². The van der Waals surface area contributed by atoms with E-state index in [1.54, 1.807) is 12.1 Å². The van der Waals surface area contributed by atoms with Crippen LogP contribution in [0.25, 0.3) is 0 Å². The molecule has 190 valence electrons. The maximum Gasteiger partial charge on any atom is 0.271 e. The van der Waals surface area contributed by atoms with Gasteiger partial charge in [-0.3, -0.25) is 14.9 Å². The normalized spacial score (nSPS) is 11.2. The van der Waals surface area contributed by atoms with Crippen molar-refractivity contribution >= 4 is 40.3 Å². The van der Waals surface area contributed by atoms with Gasteiger partial charge in [0.2, 0.25) is 5.91 Å². The lowest BCUT2D eigenvalue weighted by atomic mass is 10.2. The van der Waals surface area contributed by atoms with Crippen LogP contribution in [0.1, 0.15) is 33.6 Å². The number of amides is 1. The molecule has 35 heavy (non-hydrogen) atoms. The van der Waals surface area contributed by atoms with E-state index in [4.69, 9.17) is 21.1 Å². The van der Waals surface area contributed by atoms with Gasteiger partial charge in [0.25, 0.3) is 5.69 Å². The van der Waals surface area contributed by atoms with Crippen LogP contribution in [0.4, 0.5) is 22.7 Å². The number of rotatable bonds is 15. The first kappa shape index (κ1) is 28.2. The predicted molar refractivity (Wildman–Crippen MR) is 136 cm³/mol. The zero-order chi connectivity index (χ0) is 25.6. The van der Waals surface area contributed by atoms with E-state index >= 15 is 0 Å². The van der Waals surface area contributed by atoms with Gasteiger partial charge in [0, 0.05) is 50.5 Å². The number of hydrogen-bond acceptors (Lipinski definition) is 8. The molecular formula is C24H32ClN5O5. The molecule has 0 radical (unpaired) electrons. The number of carbonyl (C=O) groups is 1. The summed E-state index contributed by atoms with van der Waals surface area (Å²) in [5, 5.41) is 22.1. The molecule has 0 spiro atoms. The summed E-state index contributed by atoms with van der Waals surface area (Å²) < 4.78 is 11.0. The highest BCUT2D eigenvalue weighted by molar-refractivity contribution is 6.33. The molecule has 0 saturated carbocycles. The van der Waals surface area contributed by atoms with E-state index in [1.807, 2.05) is 37.8 Å². The first-order valence-corrected chi connectivity index (χ1v) is 12.0. The Morgan fingerprint density at radius 3 is 2.37 bits per heavy atom. The zero-order valence-electron chi connectivity index (χ0n) is 20.3. The molecule has 2 aromatic rings. The number of likely N-dealkylation sites (N-methyl/N-ethyl adjacent to an activating group) is 1. The van der Waals surface area contributed by atoms with Gasteiger partial charge < -0.3 is 19.7 Å². The van der Waals surface area contributed by atoms with Gasteiger partial charge in [-0.1, -0.05) is 11.6 Å². The van der Waals surface area contributed by atoms with E-state index in [0.29, 0.717) is 37.7 Å². The Hall–Kier alpha value is -3.08. The number of benzene rings is 2.